The molecule has 1 N–H and O–H groups in total. The van der Waals surface area contributed by atoms with Gasteiger partial charge in [0.05, 0.1) is 6.42 Å². The standard InChI is InChI=1S/C11H11NO4/c1-7(13)12-8-2-3-9(14)11(6-8)5-4-10(15)16-11/h2-3,6H,4-5H2,1H3,(H,12,13). The second-order valence-electron chi connectivity index (χ2n) is 3.84. The van der Waals surface area contributed by atoms with Crippen molar-refractivity contribution < 1.29 is 19.1 Å². The van der Waals surface area contributed by atoms with Crippen LogP contribution in [0.4, 0.5) is 0 Å². The molecule has 1 aliphatic heterocycles. The maximum absolute atomic E-state index is 11.7. The van der Waals surface area contributed by atoms with Gasteiger partial charge in [0, 0.05) is 19.0 Å². The number of hydrogen-bond acceptors (Lipinski definition) is 4. The van der Waals surface area contributed by atoms with Crippen LogP contribution in [0.3, 0.4) is 0 Å². The Hall–Kier alpha value is -1.91. The molecule has 5 heteroatoms. The summed E-state index contributed by atoms with van der Waals surface area (Å²) in [6, 6.07) is 0. The van der Waals surface area contributed by atoms with E-state index in [1.54, 1.807) is 0 Å². The smallest absolute Gasteiger partial charge is 0.307 e. The van der Waals surface area contributed by atoms with Crippen LogP contribution in [0.25, 0.3) is 0 Å². The van der Waals surface area contributed by atoms with Gasteiger partial charge in [0.15, 0.2) is 5.60 Å². The molecule has 0 aromatic carbocycles. The summed E-state index contributed by atoms with van der Waals surface area (Å²) in [6.07, 6.45) is 4.88. The number of nitrogens with one attached hydrogen (secondary N) is 1. The molecular formula is C11H11NO4. The minimum atomic E-state index is -1.19. The normalized spacial score (nSPS) is 27.9. The van der Waals surface area contributed by atoms with E-state index >= 15 is 0 Å². The van der Waals surface area contributed by atoms with Crippen LogP contribution >= 0.6 is 0 Å². The molecule has 1 atom stereocenters. The Kier molecular flexibility index (Phi) is 2.38. The highest BCUT2D eigenvalue weighted by Crippen LogP contribution is 2.32. The summed E-state index contributed by atoms with van der Waals surface area (Å²) in [5, 5.41) is 2.56. The Morgan fingerprint density at radius 2 is 2.19 bits per heavy atom. The average Bonchev–Trinajstić information content (AvgIpc) is 2.54. The van der Waals surface area contributed by atoms with Gasteiger partial charge in [0.25, 0.3) is 0 Å². The third kappa shape index (κ3) is 1.76. The van der Waals surface area contributed by atoms with E-state index < -0.39 is 5.60 Å². The van der Waals surface area contributed by atoms with E-state index in [0.29, 0.717) is 12.1 Å². The quantitative estimate of drug-likeness (QED) is 0.643. The summed E-state index contributed by atoms with van der Waals surface area (Å²) in [6.45, 7) is 1.37. The van der Waals surface area contributed by atoms with Crippen LogP contribution in [0.5, 0.6) is 0 Å². The molecule has 1 saturated heterocycles. The number of ether oxygens (including phenoxy) is 1. The summed E-state index contributed by atoms with van der Waals surface area (Å²) in [5.74, 6) is -0.876. The monoisotopic (exact) mass is 221 g/mol. The molecule has 0 radical (unpaired) electrons. The minimum absolute atomic E-state index is 0.226. The zero-order valence-corrected chi connectivity index (χ0v) is 8.78. The van der Waals surface area contributed by atoms with E-state index in [2.05, 4.69) is 5.32 Å². The molecule has 1 heterocycles. The van der Waals surface area contributed by atoms with Crippen LogP contribution in [-0.2, 0) is 19.1 Å². The Labute approximate surface area is 92.1 Å². The number of amides is 1. The lowest BCUT2D eigenvalue weighted by atomic mass is 9.89. The van der Waals surface area contributed by atoms with Crippen molar-refractivity contribution in [3.8, 4) is 0 Å². The lowest BCUT2D eigenvalue weighted by molar-refractivity contribution is -0.151. The Bertz CT molecular complexity index is 435. The molecule has 2 rings (SSSR count). The van der Waals surface area contributed by atoms with Crippen LogP contribution in [-0.4, -0.2) is 23.3 Å². The molecule has 1 amide bonds. The first-order valence-electron chi connectivity index (χ1n) is 4.97. The SMILES string of the molecule is CC(=O)NC1=CC2(CCC(=O)O2)C(=O)C=C1. The molecule has 16 heavy (non-hydrogen) atoms. The van der Waals surface area contributed by atoms with Crippen LogP contribution in [0, 0.1) is 0 Å². The van der Waals surface area contributed by atoms with Crippen LogP contribution in [0.1, 0.15) is 19.8 Å². The van der Waals surface area contributed by atoms with E-state index in [4.69, 9.17) is 4.74 Å². The zero-order chi connectivity index (χ0) is 11.8. The topological polar surface area (TPSA) is 72.5 Å². The molecule has 5 nitrogen and oxygen atoms in total. The highest BCUT2D eigenvalue weighted by molar-refractivity contribution is 6.03. The molecular weight excluding hydrogens is 210 g/mol. The molecule has 0 saturated carbocycles. The van der Waals surface area contributed by atoms with Crippen molar-refractivity contribution in [2.24, 2.45) is 0 Å². The van der Waals surface area contributed by atoms with Crippen LogP contribution in [0.2, 0.25) is 0 Å². The molecule has 1 fully saturated rings. The number of rotatable bonds is 1. The highest BCUT2D eigenvalue weighted by Gasteiger charge is 2.45. The summed E-state index contributed by atoms with van der Waals surface area (Å²) >= 11 is 0. The van der Waals surface area contributed by atoms with Crippen molar-refractivity contribution in [1.82, 2.24) is 5.32 Å². The first kappa shape index (κ1) is 10.6. The maximum atomic E-state index is 11.7. The number of hydrogen-bond donors (Lipinski definition) is 1. The number of ketones is 1. The second-order valence-corrected chi connectivity index (χ2v) is 3.84. The molecule has 1 spiro atoms. The van der Waals surface area contributed by atoms with E-state index in [0.717, 1.165) is 0 Å². The number of allylic oxidation sites excluding steroid dienone is 1. The molecule has 0 bridgehead atoms. The van der Waals surface area contributed by atoms with Gasteiger partial charge in [-0.15, -0.1) is 0 Å². The third-order valence-corrected chi connectivity index (χ3v) is 2.54. The van der Waals surface area contributed by atoms with Gasteiger partial charge < -0.3 is 10.1 Å². The van der Waals surface area contributed by atoms with Gasteiger partial charge >= 0.3 is 5.97 Å². The van der Waals surface area contributed by atoms with Gasteiger partial charge in [-0.3, -0.25) is 14.4 Å². The van der Waals surface area contributed by atoms with Gasteiger partial charge in [-0.2, -0.15) is 0 Å². The third-order valence-electron chi connectivity index (χ3n) is 2.54. The van der Waals surface area contributed by atoms with Crippen molar-refractivity contribution in [3.63, 3.8) is 0 Å². The van der Waals surface area contributed by atoms with Crippen LogP contribution < -0.4 is 5.32 Å². The van der Waals surface area contributed by atoms with E-state index in [9.17, 15) is 14.4 Å². The van der Waals surface area contributed by atoms with Crippen molar-refractivity contribution in [1.29, 1.82) is 0 Å². The summed E-state index contributed by atoms with van der Waals surface area (Å²) in [5.41, 5.74) is -0.703. The van der Waals surface area contributed by atoms with Crippen molar-refractivity contribution >= 4 is 17.7 Å². The number of esters is 1. The molecule has 2 aliphatic rings. The van der Waals surface area contributed by atoms with E-state index in [1.165, 1.54) is 25.2 Å². The maximum Gasteiger partial charge on any atom is 0.307 e. The van der Waals surface area contributed by atoms with E-state index in [-0.39, 0.29) is 24.1 Å². The molecule has 1 unspecified atom stereocenters. The minimum Gasteiger partial charge on any atom is -0.446 e. The highest BCUT2D eigenvalue weighted by atomic mass is 16.6. The van der Waals surface area contributed by atoms with Crippen molar-refractivity contribution in [2.75, 3.05) is 0 Å². The fourth-order valence-electron chi connectivity index (χ4n) is 1.83. The lowest BCUT2D eigenvalue weighted by Crippen LogP contribution is -2.39. The van der Waals surface area contributed by atoms with Crippen LogP contribution in [0.15, 0.2) is 23.9 Å². The van der Waals surface area contributed by atoms with E-state index in [1.807, 2.05) is 0 Å². The second kappa shape index (κ2) is 3.59. The van der Waals surface area contributed by atoms with Gasteiger partial charge in [0.1, 0.15) is 0 Å². The fraction of sp³-hybridized carbons (Fsp3) is 0.364. The van der Waals surface area contributed by atoms with Crippen molar-refractivity contribution in [3.05, 3.63) is 23.9 Å². The van der Waals surface area contributed by atoms with Crippen molar-refractivity contribution in [2.45, 2.75) is 25.4 Å². The predicted octanol–water partition coefficient (Wildman–Crippen LogP) is 0.221. The predicted molar refractivity (Wildman–Crippen MR) is 54.1 cm³/mol. The molecule has 0 aromatic rings. The number of carbonyl (C=O) groups excluding carboxylic acids is 3. The molecule has 0 aromatic heterocycles. The fourth-order valence-corrected chi connectivity index (χ4v) is 1.83. The summed E-state index contributed by atoms with van der Waals surface area (Å²) in [4.78, 5) is 33.6. The number of carbonyl (C=O) groups is 3. The molecule has 1 aliphatic carbocycles. The summed E-state index contributed by atoms with van der Waals surface area (Å²) < 4.78 is 5.05. The Balaban J connectivity index is 2.28. The van der Waals surface area contributed by atoms with Gasteiger partial charge in [-0.25, -0.2) is 0 Å². The Morgan fingerprint density at radius 3 is 2.75 bits per heavy atom. The Morgan fingerprint density at radius 1 is 1.44 bits per heavy atom. The molecule has 84 valence electrons. The van der Waals surface area contributed by atoms with Gasteiger partial charge in [0.2, 0.25) is 11.7 Å². The zero-order valence-electron chi connectivity index (χ0n) is 8.78. The van der Waals surface area contributed by atoms with Gasteiger partial charge in [-0.1, -0.05) is 0 Å². The van der Waals surface area contributed by atoms with Gasteiger partial charge in [-0.05, 0) is 18.2 Å². The average molecular weight is 221 g/mol. The first-order chi connectivity index (χ1) is 7.52. The summed E-state index contributed by atoms with van der Waals surface area (Å²) in [7, 11) is 0. The first-order valence-corrected chi connectivity index (χ1v) is 4.97. The largest absolute Gasteiger partial charge is 0.446 e. The lowest BCUT2D eigenvalue weighted by Gasteiger charge is -2.24.